The number of nitrogens with zero attached hydrogens (tertiary/aromatic N) is 17. The Hall–Kier alpha value is -10.5. The largest absolute Gasteiger partial charge is 0.313 e. The normalized spacial score (nSPS) is 12.2. The summed E-state index contributed by atoms with van der Waals surface area (Å²) in [5.41, 5.74) is 1.38. The molecule has 644 valence electrons. The maximum Gasteiger partial charge on any atom is 0.295 e. The van der Waals surface area contributed by atoms with Crippen LogP contribution in [0.15, 0.2) is 110 Å². The maximum absolute atomic E-state index is 10.3. The molecular weight excluding hydrogens is 1720 g/mol. The van der Waals surface area contributed by atoms with Crippen molar-refractivity contribution in [1.82, 2.24) is 39.9 Å². The van der Waals surface area contributed by atoms with Gasteiger partial charge in [-0.05, 0) is 63.8 Å². The first kappa shape index (κ1) is 106. The molecule has 0 aromatic carbocycles. The van der Waals surface area contributed by atoms with E-state index in [-0.39, 0.29) is 31.7 Å². The van der Waals surface area contributed by atoms with E-state index in [9.17, 15) is 91.0 Å². The van der Waals surface area contributed by atoms with Gasteiger partial charge in [0, 0.05) is 123 Å². The fraction of sp³-hybridized carbons (Fsp3) is 0.556. The Morgan fingerprint density at radius 3 is 1.17 bits per heavy atom. The van der Waals surface area contributed by atoms with Crippen LogP contribution in [0.5, 0.6) is 0 Å². The van der Waals surface area contributed by atoms with Gasteiger partial charge in [0.25, 0.3) is 45.8 Å². The molecule has 44 nitrogen and oxygen atoms in total. The van der Waals surface area contributed by atoms with Crippen molar-refractivity contribution in [2.45, 2.75) is 215 Å². The lowest BCUT2D eigenvalue weighted by Gasteiger charge is -2.26. The van der Waals surface area contributed by atoms with E-state index in [2.05, 4.69) is 97.3 Å². The number of thiazole rings is 8. The molecule has 0 aliphatic heterocycles. The summed E-state index contributed by atoms with van der Waals surface area (Å²) < 4.78 is 0. The fourth-order valence-corrected chi connectivity index (χ4v) is 14.4. The van der Waals surface area contributed by atoms with Gasteiger partial charge in [-0.1, -0.05) is 100.0 Å². The summed E-state index contributed by atoms with van der Waals surface area (Å²) in [7, 11) is 0. The Kier molecular flexibility index (Phi) is 57.2. The third kappa shape index (κ3) is 54.3. The smallest absolute Gasteiger partial charge is 0.295 e. The molecule has 0 saturated heterocycles. The Morgan fingerprint density at radius 2 is 0.802 bits per heavy atom. The number of unbranched alkanes of at least 4 members (excludes halogenated alkanes) is 4. The quantitative estimate of drug-likeness (QED) is 0.0195. The van der Waals surface area contributed by atoms with Gasteiger partial charge in [0.1, 0.15) is 51.1 Å². The zero-order valence-corrected chi connectivity index (χ0v) is 70.8. The first-order valence-electron chi connectivity index (χ1n) is 34.1. The van der Waals surface area contributed by atoms with Gasteiger partial charge in [0.15, 0.2) is 24.4 Å². The van der Waals surface area contributed by atoms with E-state index < -0.39 is 82.4 Å². The van der Waals surface area contributed by atoms with Crippen LogP contribution < -0.4 is 0 Å². The van der Waals surface area contributed by atoms with Crippen LogP contribution in [0.2, 0.25) is 0 Å². The van der Waals surface area contributed by atoms with Gasteiger partial charge in [-0.15, -0.1) is 193 Å². The summed E-state index contributed by atoms with van der Waals surface area (Å²) in [4.78, 5) is 164. The molecule has 0 amide bonds. The third-order valence-electron chi connectivity index (χ3n) is 13.2. The van der Waals surface area contributed by atoms with Gasteiger partial charge in [0.2, 0.25) is 0 Å². The highest BCUT2D eigenvalue weighted by atomic mass is 32.1. The molecule has 0 N–H and O–H groups in total. The standard InChI is InChI=1S/3C9H14N2O3S.C8H12N2O3S.C6H8N2O3S.C6H7NO3S.3C5H6N2O3S.CH4/c1-2-3-4-8(14-11(12)13)5-9-6-10-7-15-9;1-2-3-4-8(14-11(12)13)7-9-10-5-6-15-9;1-2-3-4-5-8(14-11(12)13)9-10-6-7-15-9;1-8(2,3)6(13-10(11)12)7-9-4-5-14-7;1-5(11-8(9)10)4-6-7-2-3-12-6;1-5(10-7(8)9)6-3-2-4-11-6;2*1-4(10-7(8)9)5-6-2-3-11-5;8-7(9)10-3-1-5-6-2-4-11-5;/h6-8H,2-5H2,1H3;5-6,8H,2-4,7H2,1H3;6-8H,2-5H2,1H3;4-6H,1-3H3;2-3,5H,4H2,1H3;2-5H,1H3;2*2-4H,1H3;2,4H,1,3H2;1H4. The van der Waals surface area contributed by atoms with Crippen LogP contribution >= 0.6 is 102 Å². The maximum atomic E-state index is 10.3. The second-order valence-corrected chi connectivity index (χ2v) is 31.9. The molecule has 0 bridgehead atoms. The van der Waals surface area contributed by atoms with Crippen LogP contribution in [0.3, 0.4) is 0 Å². The molecule has 0 radical (unpaired) electrons. The first-order chi connectivity index (χ1) is 54.6. The van der Waals surface area contributed by atoms with Crippen LogP contribution in [-0.2, 0) is 69.2 Å². The van der Waals surface area contributed by atoms with Crippen molar-refractivity contribution in [2.24, 2.45) is 5.41 Å². The van der Waals surface area contributed by atoms with Crippen molar-refractivity contribution in [3.63, 3.8) is 0 Å². The molecule has 0 saturated carbocycles. The van der Waals surface area contributed by atoms with Crippen LogP contribution in [0.4, 0.5) is 0 Å². The number of aromatic nitrogens is 8. The predicted molar refractivity (Wildman–Crippen MR) is 431 cm³/mol. The molecule has 53 heteroatoms. The summed E-state index contributed by atoms with van der Waals surface area (Å²) in [5.74, 6) is 0. The number of hydrogen-bond donors (Lipinski definition) is 0. The van der Waals surface area contributed by atoms with E-state index in [4.69, 9.17) is 0 Å². The summed E-state index contributed by atoms with van der Waals surface area (Å²) in [5, 5.41) is 103. The molecule has 8 unspecified atom stereocenters. The van der Waals surface area contributed by atoms with Gasteiger partial charge in [-0.2, -0.15) is 0 Å². The SMILES string of the molecule is C.CC(C)(C)C(O[N+](=O)[O-])c1nccs1.CC(Cc1nccs1)O[N+](=O)[O-].CC(O[N+](=O)[O-])c1cccs1.CC(O[N+](=O)[O-])c1nccs1.CC(O[N+](=O)[O-])c1nccs1.CCCCC(Cc1cncs1)O[N+](=O)[O-].CCCCC(Cc1nccs1)O[N+](=O)[O-].CCCCCC(O[N+](=O)[O-])c1nccs1.O=[N+]([O-])OCCc1nccs1. The summed E-state index contributed by atoms with van der Waals surface area (Å²) in [6.07, 6.45) is 20.5. The van der Waals surface area contributed by atoms with Crippen LogP contribution in [0.25, 0.3) is 0 Å². The number of hydrogen-bond acceptors (Lipinski definition) is 44. The van der Waals surface area contributed by atoms with Crippen molar-refractivity contribution >= 4 is 102 Å². The predicted octanol–water partition coefficient (Wildman–Crippen LogP) is 18.0. The summed E-state index contributed by atoms with van der Waals surface area (Å²) in [6.45, 7) is 18.4. The van der Waals surface area contributed by atoms with E-state index in [0.717, 1.165) is 76.1 Å². The molecular formula is C63H91N17O27S9. The van der Waals surface area contributed by atoms with Gasteiger partial charge in [-0.3, -0.25) is 4.98 Å². The molecule has 0 aliphatic carbocycles. The molecule has 9 rings (SSSR count). The second kappa shape index (κ2) is 62.8. The van der Waals surface area contributed by atoms with Crippen molar-refractivity contribution in [2.75, 3.05) is 6.61 Å². The molecule has 0 spiro atoms. The topological polar surface area (TPSA) is 574 Å². The van der Waals surface area contributed by atoms with Crippen molar-refractivity contribution in [3.05, 3.63) is 246 Å². The molecule has 8 atom stereocenters. The van der Waals surface area contributed by atoms with Gasteiger partial charge < -0.3 is 43.5 Å². The average Bonchev–Trinajstić information content (AvgIpc) is 1.72. The minimum absolute atomic E-state index is 0. The van der Waals surface area contributed by atoms with E-state index in [0.29, 0.717) is 58.6 Å². The summed E-state index contributed by atoms with van der Waals surface area (Å²) in [6, 6.07) is 3.64. The second-order valence-electron chi connectivity index (χ2n) is 23.3. The highest BCUT2D eigenvalue weighted by Crippen LogP contribution is 2.37. The van der Waals surface area contributed by atoms with Gasteiger partial charge in [-0.25, -0.2) is 34.9 Å². The lowest BCUT2D eigenvalue weighted by Crippen LogP contribution is -2.23. The zero-order chi connectivity index (χ0) is 85.9. The van der Waals surface area contributed by atoms with Crippen LogP contribution in [-0.4, -0.2) is 111 Å². The van der Waals surface area contributed by atoms with Crippen molar-refractivity contribution < 1.29 is 89.3 Å². The average molecular weight is 1810 g/mol. The number of rotatable bonds is 41. The fourth-order valence-electron chi connectivity index (χ4n) is 8.22. The molecule has 9 aromatic rings. The van der Waals surface area contributed by atoms with Crippen LogP contribution in [0.1, 0.15) is 216 Å². The van der Waals surface area contributed by atoms with Gasteiger partial charge >= 0.3 is 0 Å². The zero-order valence-electron chi connectivity index (χ0n) is 63.5. The molecule has 0 fully saturated rings. The highest BCUT2D eigenvalue weighted by Gasteiger charge is 2.32. The summed E-state index contributed by atoms with van der Waals surface area (Å²) >= 11 is 12.8. The monoisotopic (exact) mass is 1810 g/mol. The molecule has 0 aliphatic rings. The molecule has 116 heavy (non-hydrogen) atoms. The third-order valence-corrected chi connectivity index (χ3v) is 21.0. The lowest BCUT2D eigenvalue weighted by molar-refractivity contribution is -0.774. The van der Waals surface area contributed by atoms with Crippen LogP contribution in [0, 0.1) is 96.4 Å². The minimum Gasteiger partial charge on any atom is -0.313 e. The Balaban J connectivity index is 0.00000128. The molecule has 9 heterocycles. The van der Waals surface area contributed by atoms with E-state index in [1.54, 1.807) is 110 Å². The molecule has 9 aromatic heterocycles. The highest BCUT2D eigenvalue weighted by molar-refractivity contribution is 7.11. The first-order valence-corrected chi connectivity index (χ1v) is 42.0. The van der Waals surface area contributed by atoms with Crippen molar-refractivity contribution in [1.29, 1.82) is 0 Å². The lowest BCUT2D eigenvalue weighted by atomic mass is 9.89. The van der Waals surface area contributed by atoms with E-state index in [1.165, 1.54) is 102 Å². The van der Waals surface area contributed by atoms with E-state index >= 15 is 0 Å². The Morgan fingerprint density at radius 1 is 0.397 bits per heavy atom. The minimum atomic E-state index is -0.813. The van der Waals surface area contributed by atoms with Crippen molar-refractivity contribution in [3.8, 4) is 0 Å². The Bertz CT molecular complexity index is 3770. The Labute approximate surface area is 700 Å². The number of thiophene rings is 1. The van der Waals surface area contributed by atoms with E-state index in [1.807, 2.05) is 55.3 Å². The van der Waals surface area contributed by atoms with Gasteiger partial charge in [0.05, 0.1) is 20.5 Å².